The number of nitrogens with one attached hydrogen (secondary N) is 1. The van der Waals surface area contributed by atoms with Gasteiger partial charge in [0.2, 0.25) is 21.8 Å². The molecule has 0 aromatic heterocycles. The molecule has 0 bridgehead atoms. The molecule has 1 fully saturated rings. The van der Waals surface area contributed by atoms with Gasteiger partial charge >= 0.3 is 0 Å². The van der Waals surface area contributed by atoms with Crippen molar-refractivity contribution in [1.82, 2.24) is 9.62 Å². The number of sulfonamides is 1. The van der Waals surface area contributed by atoms with E-state index < -0.39 is 15.9 Å². The summed E-state index contributed by atoms with van der Waals surface area (Å²) in [4.78, 5) is 23.1. The zero-order valence-electron chi connectivity index (χ0n) is 14.0. The van der Waals surface area contributed by atoms with E-state index in [0.29, 0.717) is 31.5 Å². The van der Waals surface area contributed by atoms with Gasteiger partial charge in [0.15, 0.2) is 0 Å². The zero-order chi connectivity index (χ0) is 18.4. The first-order valence-corrected chi connectivity index (χ1v) is 9.74. The summed E-state index contributed by atoms with van der Waals surface area (Å²) >= 11 is 0. The fraction of sp³-hybridized carbons (Fsp3) is 0.412. The second-order valence-electron chi connectivity index (χ2n) is 5.90. The van der Waals surface area contributed by atoms with Crippen LogP contribution in [0.1, 0.15) is 28.8 Å². The molecule has 0 aliphatic carbocycles. The smallest absolute Gasteiger partial charge is 0.248 e. The molecule has 1 aliphatic heterocycles. The van der Waals surface area contributed by atoms with Crippen LogP contribution in [0.15, 0.2) is 24.3 Å². The van der Waals surface area contributed by atoms with Crippen LogP contribution in [0.4, 0.5) is 0 Å². The van der Waals surface area contributed by atoms with E-state index in [0.717, 1.165) is 5.56 Å². The van der Waals surface area contributed by atoms with Crippen LogP contribution >= 0.6 is 0 Å². The van der Waals surface area contributed by atoms with Gasteiger partial charge in [0.1, 0.15) is 0 Å². The number of rotatable bonds is 4. The number of amides is 2. The summed E-state index contributed by atoms with van der Waals surface area (Å²) in [7, 11) is -3.18. The third-order valence-corrected chi connectivity index (χ3v) is 5.35. The van der Waals surface area contributed by atoms with E-state index in [9.17, 15) is 18.0 Å². The Hall–Kier alpha value is -2.37. The number of hydrogen-bond donors (Lipinski definition) is 2. The number of benzene rings is 1. The molecule has 3 N–H and O–H groups in total. The van der Waals surface area contributed by atoms with Gasteiger partial charge in [-0.25, -0.2) is 12.7 Å². The molecule has 0 atom stereocenters. The van der Waals surface area contributed by atoms with Gasteiger partial charge in [0.25, 0.3) is 0 Å². The Morgan fingerprint density at radius 1 is 1.24 bits per heavy atom. The van der Waals surface area contributed by atoms with E-state index in [-0.39, 0.29) is 18.4 Å². The average molecular weight is 363 g/mol. The predicted molar refractivity (Wildman–Crippen MR) is 94.0 cm³/mol. The molecule has 7 nitrogen and oxygen atoms in total. The van der Waals surface area contributed by atoms with Gasteiger partial charge in [-0.1, -0.05) is 11.8 Å². The molecule has 0 radical (unpaired) electrons. The highest BCUT2D eigenvalue weighted by molar-refractivity contribution is 7.88. The Labute approximate surface area is 147 Å². The fourth-order valence-electron chi connectivity index (χ4n) is 2.59. The van der Waals surface area contributed by atoms with Crippen molar-refractivity contribution in [1.29, 1.82) is 0 Å². The lowest BCUT2D eigenvalue weighted by atomic mass is 9.97. The van der Waals surface area contributed by atoms with Crippen molar-refractivity contribution in [3.05, 3.63) is 35.4 Å². The van der Waals surface area contributed by atoms with E-state index in [4.69, 9.17) is 5.73 Å². The van der Waals surface area contributed by atoms with Crippen molar-refractivity contribution >= 4 is 21.8 Å². The second kappa shape index (κ2) is 8.14. The van der Waals surface area contributed by atoms with Crippen molar-refractivity contribution in [3.63, 3.8) is 0 Å². The third kappa shape index (κ3) is 5.59. The highest BCUT2D eigenvalue weighted by Crippen LogP contribution is 2.19. The first-order valence-electron chi connectivity index (χ1n) is 7.89. The third-order valence-electron chi connectivity index (χ3n) is 4.05. The average Bonchev–Trinajstić information content (AvgIpc) is 2.58. The Balaban J connectivity index is 1.79. The number of nitrogens with zero attached hydrogens (tertiary/aromatic N) is 1. The molecule has 0 unspecified atom stereocenters. The molecule has 2 rings (SSSR count). The maximum absolute atomic E-state index is 12.1. The van der Waals surface area contributed by atoms with Crippen molar-refractivity contribution in [2.24, 2.45) is 11.7 Å². The van der Waals surface area contributed by atoms with Crippen LogP contribution in [-0.4, -0.2) is 50.4 Å². The summed E-state index contributed by atoms with van der Waals surface area (Å²) in [5, 5.41) is 2.75. The van der Waals surface area contributed by atoms with Crippen LogP contribution in [0.5, 0.6) is 0 Å². The molecular weight excluding hydrogens is 342 g/mol. The molecule has 1 heterocycles. The van der Waals surface area contributed by atoms with Gasteiger partial charge in [-0.05, 0) is 37.1 Å². The summed E-state index contributed by atoms with van der Waals surface area (Å²) in [6.45, 7) is 0.951. The number of hydrogen-bond acceptors (Lipinski definition) is 4. The van der Waals surface area contributed by atoms with E-state index in [1.165, 1.54) is 10.6 Å². The number of nitrogens with two attached hydrogens (primary N) is 1. The zero-order valence-corrected chi connectivity index (χ0v) is 14.8. The summed E-state index contributed by atoms with van der Waals surface area (Å²) in [6.07, 6.45) is 2.21. The predicted octanol–water partition coefficient (Wildman–Crippen LogP) is -0.0752. The molecule has 25 heavy (non-hydrogen) atoms. The number of primary amides is 1. The first-order chi connectivity index (χ1) is 11.8. The van der Waals surface area contributed by atoms with Gasteiger partial charge in [-0.15, -0.1) is 0 Å². The summed E-state index contributed by atoms with van der Waals surface area (Å²) in [6, 6.07) is 6.58. The van der Waals surface area contributed by atoms with E-state index in [1.807, 2.05) is 0 Å². The number of carbonyl (C=O) groups excluding carboxylic acids is 2. The van der Waals surface area contributed by atoms with Crippen molar-refractivity contribution in [2.45, 2.75) is 12.8 Å². The second-order valence-corrected chi connectivity index (χ2v) is 7.88. The minimum absolute atomic E-state index is 0.105. The monoisotopic (exact) mass is 363 g/mol. The Kier molecular flexibility index (Phi) is 6.17. The minimum atomic E-state index is -3.18. The minimum Gasteiger partial charge on any atom is -0.366 e. The van der Waals surface area contributed by atoms with Gasteiger partial charge in [-0.2, -0.15) is 0 Å². The highest BCUT2D eigenvalue weighted by Gasteiger charge is 2.28. The van der Waals surface area contributed by atoms with Crippen molar-refractivity contribution in [3.8, 4) is 11.8 Å². The maximum atomic E-state index is 12.1. The highest BCUT2D eigenvalue weighted by atomic mass is 32.2. The molecule has 1 aromatic rings. The lowest BCUT2D eigenvalue weighted by Crippen LogP contribution is -2.42. The maximum Gasteiger partial charge on any atom is 0.248 e. The van der Waals surface area contributed by atoms with Crippen LogP contribution in [0.25, 0.3) is 0 Å². The molecule has 8 heteroatoms. The van der Waals surface area contributed by atoms with Gasteiger partial charge < -0.3 is 11.1 Å². The molecular formula is C17H21N3O4S. The van der Waals surface area contributed by atoms with E-state index >= 15 is 0 Å². The topological polar surface area (TPSA) is 110 Å². The van der Waals surface area contributed by atoms with E-state index in [1.54, 1.807) is 24.3 Å². The van der Waals surface area contributed by atoms with Crippen LogP contribution in [0.2, 0.25) is 0 Å². The van der Waals surface area contributed by atoms with Crippen LogP contribution < -0.4 is 11.1 Å². The molecule has 1 aliphatic rings. The lowest BCUT2D eigenvalue weighted by molar-refractivity contribution is -0.125. The van der Waals surface area contributed by atoms with Crippen molar-refractivity contribution in [2.75, 3.05) is 25.9 Å². The summed E-state index contributed by atoms with van der Waals surface area (Å²) in [5.41, 5.74) is 6.30. The van der Waals surface area contributed by atoms with Gasteiger partial charge in [-0.3, -0.25) is 9.59 Å². The van der Waals surface area contributed by atoms with Crippen LogP contribution in [0, 0.1) is 17.8 Å². The van der Waals surface area contributed by atoms with Crippen molar-refractivity contribution < 1.29 is 18.0 Å². The Morgan fingerprint density at radius 2 is 1.84 bits per heavy atom. The first kappa shape index (κ1) is 19.0. The Morgan fingerprint density at radius 3 is 2.36 bits per heavy atom. The van der Waals surface area contributed by atoms with Gasteiger partial charge in [0.05, 0.1) is 12.8 Å². The van der Waals surface area contributed by atoms with E-state index in [2.05, 4.69) is 17.2 Å². The quantitative estimate of drug-likeness (QED) is 0.730. The largest absolute Gasteiger partial charge is 0.366 e. The van der Waals surface area contributed by atoms with Crippen LogP contribution in [0.3, 0.4) is 0 Å². The van der Waals surface area contributed by atoms with Gasteiger partial charge in [0, 0.05) is 30.1 Å². The summed E-state index contributed by atoms with van der Waals surface area (Å²) < 4.78 is 24.3. The molecule has 2 amide bonds. The molecule has 0 saturated carbocycles. The SMILES string of the molecule is CS(=O)(=O)N1CCC(C(=O)NCC#Cc2ccc(C(N)=O)cc2)CC1. The normalized spacial score (nSPS) is 15.9. The lowest BCUT2D eigenvalue weighted by Gasteiger charge is -2.29. The standard InChI is InChI=1S/C17H21N3O4S/c1-25(23,24)20-11-8-15(9-12-20)17(22)19-10-2-3-13-4-6-14(7-5-13)16(18)21/h4-7,15H,8-12H2,1H3,(H2,18,21)(H,19,22). The molecule has 134 valence electrons. The molecule has 1 saturated heterocycles. The number of carbonyl (C=O) groups is 2. The molecule has 1 aromatic carbocycles. The summed E-state index contributed by atoms with van der Waals surface area (Å²) in [5.74, 6) is 4.96. The molecule has 0 spiro atoms. The Bertz CT molecular complexity index is 799. The number of piperidine rings is 1. The van der Waals surface area contributed by atoms with Crippen LogP contribution in [-0.2, 0) is 14.8 Å². The fourth-order valence-corrected chi connectivity index (χ4v) is 3.46.